The highest BCUT2D eigenvalue weighted by molar-refractivity contribution is 8.18. The first kappa shape index (κ1) is 21.2. The monoisotopic (exact) mass is 453 g/mol. The molecule has 3 heterocycles. The molecule has 1 atom stereocenters. The van der Waals surface area contributed by atoms with E-state index in [0.29, 0.717) is 5.84 Å². The Morgan fingerprint density at radius 3 is 2.52 bits per heavy atom. The molecule has 0 aliphatic carbocycles. The SMILES string of the molecule is CN(C)c1ccc(C2CC(c3ccccc3)=NN2C2=NC(=O)S/C2=C\c2cccnc2)cc1. The average Bonchev–Trinajstić information content (AvgIpc) is 3.44. The second-order valence-corrected chi connectivity index (χ2v) is 9.05. The van der Waals surface area contributed by atoms with Crippen molar-refractivity contribution in [1.82, 2.24) is 9.99 Å². The Hall–Kier alpha value is -3.71. The van der Waals surface area contributed by atoms with Gasteiger partial charge in [-0.25, -0.2) is 5.01 Å². The quantitative estimate of drug-likeness (QED) is 0.514. The summed E-state index contributed by atoms with van der Waals surface area (Å²) in [5, 5.41) is 6.65. The van der Waals surface area contributed by atoms with E-state index in [2.05, 4.69) is 51.3 Å². The molecule has 0 spiro atoms. The maximum Gasteiger partial charge on any atom is 0.311 e. The van der Waals surface area contributed by atoms with Gasteiger partial charge in [0.2, 0.25) is 0 Å². The molecule has 5 rings (SSSR count). The van der Waals surface area contributed by atoms with Gasteiger partial charge in [0.25, 0.3) is 0 Å². The number of pyridine rings is 1. The number of anilines is 1. The minimum Gasteiger partial charge on any atom is -0.378 e. The van der Waals surface area contributed by atoms with Crippen molar-refractivity contribution in [2.24, 2.45) is 10.1 Å². The maximum absolute atomic E-state index is 12.4. The molecule has 2 aromatic carbocycles. The Bertz CT molecular complexity index is 1250. The van der Waals surface area contributed by atoms with Gasteiger partial charge in [0.1, 0.15) is 0 Å². The van der Waals surface area contributed by atoms with Crippen LogP contribution in [0.3, 0.4) is 0 Å². The fourth-order valence-corrected chi connectivity index (χ4v) is 4.69. The highest BCUT2D eigenvalue weighted by atomic mass is 32.2. The summed E-state index contributed by atoms with van der Waals surface area (Å²) < 4.78 is 0. The van der Waals surface area contributed by atoms with Crippen LogP contribution in [-0.2, 0) is 0 Å². The Balaban J connectivity index is 1.55. The number of hydrazone groups is 1. The Morgan fingerprint density at radius 2 is 1.82 bits per heavy atom. The minimum absolute atomic E-state index is 0.0565. The van der Waals surface area contributed by atoms with Gasteiger partial charge < -0.3 is 4.90 Å². The van der Waals surface area contributed by atoms with Gasteiger partial charge in [-0.2, -0.15) is 10.1 Å². The van der Waals surface area contributed by atoms with Crippen LogP contribution >= 0.6 is 11.8 Å². The van der Waals surface area contributed by atoms with Crippen LogP contribution in [0.4, 0.5) is 10.5 Å². The zero-order valence-corrected chi connectivity index (χ0v) is 19.2. The number of rotatable bonds is 4. The fourth-order valence-electron chi connectivity index (χ4n) is 3.94. The first-order valence-corrected chi connectivity index (χ1v) is 11.5. The minimum atomic E-state index is -0.231. The third kappa shape index (κ3) is 4.45. The number of carbonyl (C=O) groups is 1. The molecule has 0 saturated heterocycles. The largest absolute Gasteiger partial charge is 0.378 e. The molecule has 0 radical (unpaired) electrons. The third-order valence-corrected chi connectivity index (χ3v) is 6.41. The lowest BCUT2D eigenvalue weighted by molar-refractivity contribution is 0.267. The van der Waals surface area contributed by atoms with Crippen molar-refractivity contribution in [2.45, 2.75) is 12.5 Å². The van der Waals surface area contributed by atoms with Crippen LogP contribution in [0.2, 0.25) is 0 Å². The van der Waals surface area contributed by atoms with Gasteiger partial charge in [-0.1, -0.05) is 48.5 Å². The number of amides is 1. The summed E-state index contributed by atoms with van der Waals surface area (Å²) in [5.74, 6) is 0.585. The van der Waals surface area contributed by atoms with E-state index in [1.54, 1.807) is 12.4 Å². The summed E-state index contributed by atoms with van der Waals surface area (Å²) in [5.41, 5.74) is 5.23. The van der Waals surface area contributed by atoms with Crippen molar-refractivity contribution in [3.63, 3.8) is 0 Å². The molecular weight excluding hydrogens is 430 g/mol. The van der Waals surface area contributed by atoms with E-state index in [9.17, 15) is 4.79 Å². The van der Waals surface area contributed by atoms with Gasteiger partial charge in [0.05, 0.1) is 16.7 Å². The smallest absolute Gasteiger partial charge is 0.311 e. The van der Waals surface area contributed by atoms with Crippen LogP contribution < -0.4 is 4.90 Å². The lowest BCUT2D eigenvalue weighted by atomic mass is 9.98. The van der Waals surface area contributed by atoms with Gasteiger partial charge in [-0.3, -0.25) is 9.78 Å². The molecule has 0 N–H and O–H groups in total. The van der Waals surface area contributed by atoms with E-state index >= 15 is 0 Å². The molecule has 0 fully saturated rings. The topological polar surface area (TPSA) is 61.2 Å². The predicted molar refractivity (Wildman–Crippen MR) is 136 cm³/mol. The summed E-state index contributed by atoms with van der Waals surface area (Å²) in [7, 11) is 4.05. The number of aliphatic imine (C=N–C) groups is 1. The molecule has 7 heteroatoms. The standard InChI is InChI=1S/C26H23N5OS/c1-30(2)21-12-10-20(11-13-21)23-16-22(19-8-4-3-5-9-19)29-31(23)25-24(33-26(32)28-25)15-18-7-6-14-27-17-18/h3-15,17,23H,16H2,1-2H3/b24-15-. The third-order valence-electron chi connectivity index (χ3n) is 5.63. The second kappa shape index (κ2) is 9.03. The van der Waals surface area contributed by atoms with E-state index in [-0.39, 0.29) is 11.3 Å². The molecule has 1 aromatic heterocycles. The van der Waals surface area contributed by atoms with Crippen LogP contribution in [-0.4, -0.2) is 40.9 Å². The molecule has 0 saturated carbocycles. The summed E-state index contributed by atoms with van der Waals surface area (Å²) in [6.45, 7) is 0. The zero-order valence-electron chi connectivity index (χ0n) is 18.4. The van der Waals surface area contributed by atoms with E-state index in [4.69, 9.17) is 5.10 Å². The van der Waals surface area contributed by atoms with E-state index in [1.165, 1.54) is 0 Å². The van der Waals surface area contributed by atoms with Crippen molar-refractivity contribution < 1.29 is 4.79 Å². The highest BCUT2D eigenvalue weighted by Gasteiger charge is 2.36. The number of hydrogen-bond donors (Lipinski definition) is 0. The molecule has 1 amide bonds. The van der Waals surface area contributed by atoms with Crippen LogP contribution in [0, 0.1) is 0 Å². The summed E-state index contributed by atoms with van der Waals surface area (Å²) in [6.07, 6.45) is 6.18. The van der Waals surface area contributed by atoms with Crippen molar-refractivity contribution in [1.29, 1.82) is 0 Å². The predicted octanol–water partition coefficient (Wildman–Crippen LogP) is 5.61. The molecule has 2 aliphatic rings. The molecule has 2 aliphatic heterocycles. The van der Waals surface area contributed by atoms with Crippen molar-refractivity contribution >= 4 is 40.3 Å². The molecule has 0 bridgehead atoms. The number of benzene rings is 2. The van der Waals surface area contributed by atoms with Crippen LogP contribution in [0.1, 0.15) is 29.2 Å². The van der Waals surface area contributed by atoms with Crippen LogP contribution in [0.25, 0.3) is 6.08 Å². The maximum atomic E-state index is 12.4. The number of nitrogens with zero attached hydrogens (tertiary/aromatic N) is 5. The lowest BCUT2D eigenvalue weighted by Crippen LogP contribution is -2.26. The summed E-state index contributed by atoms with van der Waals surface area (Å²) in [6, 6.07) is 22.4. The zero-order chi connectivity index (χ0) is 22.8. The average molecular weight is 454 g/mol. The van der Waals surface area contributed by atoms with E-state index < -0.39 is 0 Å². The number of aromatic nitrogens is 1. The molecular formula is C26H23N5OS. The summed E-state index contributed by atoms with van der Waals surface area (Å²) in [4.78, 5) is 23.8. The molecule has 6 nitrogen and oxygen atoms in total. The molecule has 33 heavy (non-hydrogen) atoms. The highest BCUT2D eigenvalue weighted by Crippen LogP contribution is 2.39. The van der Waals surface area contributed by atoms with Gasteiger partial charge >= 0.3 is 5.24 Å². The Labute approximate surface area is 197 Å². The van der Waals surface area contributed by atoms with Crippen molar-refractivity contribution in [3.05, 3.63) is 101 Å². The van der Waals surface area contributed by atoms with Gasteiger partial charge in [0.15, 0.2) is 5.84 Å². The van der Waals surface area contributed by atoms with Gasteiger partial charge in [-0.05, 0) is 52.7 Å². The Kier molecular flexibility index (Phi) is 5.79. The molecule has 3 aromatic rings. The molecule has 1 unspecified atom stereocenters. The normalized spacial score (nSPS) is 19.1. The lowest BCUT2D eigenvalue weighted by Gasteiger charge is -2.24. The summed E-state index contributed by atoms with van der Waals surface area (Å²) >= 11 is 1.13. The fraction of sp³-hybridized carbons (Fsp3) is 0.154. The number of thioether (sulfide) groups is 1. The number of hydrogen-bond acceptors (Lipinski definition) is 6. The first-order valence-electron chi connectivity index (χ1n) is 10.7. The van der Waals surface area contributed by atoms with Crippen LogP contribution in [0.5, 0.6) is 0 Å². The van der Waals surface area contributed by atoms with Gasteiger partial charge in [-0.15, -0.1) is 0 Å². The van der Waals surface area contributed by atoms with E-state index in [0.717, 1.165) is 51.2 Å². The molecule has 164 valence electrons. The Morgan fingerprint density at radius 1 is 1.03 bits per heavy atom. The van der Waals surface area contributed by atoms with Crippen molar-refractivity contribution in [3.8, 4) is 0 Å². The van der Waals surface area contributed by atoms with Crippen molar-refractivity contribution in [2.75, 3.05) is 19.0 Å². The first-order chi connectivity index (χ1) is 16.1. The van der Waals surface area contributed by atoms with Crippen LogP contribution in [0.15, 0.2) is 94.1 Å². The number of amidine groups is 1. The van der Waals surface area contributed by atoms with Gasteiger partial charge in [0, 0.05) is 38.6 Å². The second-order valence-electron chi connectivity index (χ2n) is 8.06. The van der Waals surface area contributed by atoms with E-state index in [1.807, 2.05) is 55.5 Å². The number of carbonyl (C=O) groups excluding carboxylic acids is 1.